The van der Waals surface area contributed by atoms with Crippen LogP contribution in [-0.4, -0.2) is 19.5 Å². The fourth-order valence-corrected chi connectivity index (χ4v) is 8.85. The third kappa shape index (κ3) is 5.52. The summed E-state index contributed by atoms with van der Waals surface area (Å²) in [4.78, 5) is 14.8. The van der Waals surface area contributed by atoms with Crippen molar-refractivity contribution in [1.82, 2.24) is 19.5 Å². The summed E-state index contributed by atoms with van der Waals surface area (Å²) in [6.45, 7) is 0. The Morgan fingerprint density at radius 3 is 1.45 bits per heavy atom. The Hall–Kier alpha value is -8.15. The Morgan fingerprint density at radius 2 is 0.817 bits per heavy atom. The summed E-state index contributed by atoms with van der Waals surface area (Å²) in [5.41, 5.74) is 12.5. The van der Waals surface area contributed by atoms with Gasteiger partial charge < -0.3 is 8.98 Å². The number of furan rings is 1. The van der Waals surface area contributed by atoms with Crippen molar-refractivity contribution in [3.05, 3.63) is 206 Å². The SMILES string of the molecule is c1ccc(-c2nc(-c3ccccc3)nc(-c3ccc(-c4cccc(-c5cc6c(oc7cccc(-n8c9ccccc9c9ccccc98)c76)c6ccccc56)c4)cc3)n2)cc1. The summed E-state index contributed by atoms with van der Waals surface area (Å²) >= 11 is 0. The zero-order valence-corrected chi connectivity index (χ0v) is 32.3. The number of nitrogens with zero attached hydrogens (tertiary/aromatic N) is 4. The molecule has 0 N–H and O–H groups in total. The Labute approximate surface area is 345 Å². The van der Waals surface area contributed by atoms with Gasteiger partial charge in [0.1, 0.15) is 11.2 Å². The van der Waals surface area contributed by atoms with E-state index in [1.54, 1.807) is 0 Å². The van der Waals surface area contributed by atoms with Crippen LogP contribution in [0.4, 0.5) is 0 Å². The van der Waals surface area contributed by atoms with Gasteiger partial charge in [-0.1, -0.05) is 170 Å². The van der Waals surface area contributed by atoms with Gasteiger partial charge in [-0.3, -0.25) is 0 Å². The zero-order chi connectivity index (χ0) is 39.6. The van der Waals surface area contributed by atoms with E-state index in [-0.39, 0.29) is 0 Å². The van der Waals surface area contributed by atoms with Crippen LogP contribution < -0.4 is 0 Å². The summed E-state index contributed by atoms with van der Waals surface area (Å²) in [5.74, 6) is 1.93. The van der Waals surface area contributed by atoms with Gasteiger partial charge in [0, 0.05) is 38.2 Å². The predicted molar refractivity (Wildman–Crippen MR) is 246 cm³/mol. The number of aromatic nitrogens is 4. The van der Waals surface area contributed by atoms with Crippen LogP contribution in [0.3, 0.4) is 0 Å². The number of hydrogen-bond acceptors (Lipinski definition) is 4. The third-order valence-electron chi connectivity index (χ3n) is 11.7. The highest BCUT2D eigenvalue weighted by Gasteiger charge is 2.21. The summed E-state index contributed by atoms with van der Waals surface area (Å²) in [6, 6.07) is 72.2. The average molecular weight is 767 g/mol. The number of hydrogen-bond donors (Lipinski definition) is 0. The maximum Gasteiger partial charge on any atom is 0.164 e. The number of fused-ring (bicyclic) bond motifs is 8. The maximum atomic E-state index is 6.80. The molecule has 5 nitrogen and oxygen atoms in total. The molecule has 280 valence electrons. The Balaban J connectivity index is 0.984. The van der Waals surface area contributed by atoms with Crippen molar-refractivity contribution in [3.63, 3.8) is 0 Å². The van der Waals surface area contributed by atoms with E-state index in [9.17, 15) is 0 Å². The van der Waals surface area contributed by atoms with Gasteiger partial charge in [-0.25, -0.2) is 15.0 Å². The van der Waals surface area contributed by atoms with Gasteiger partial charge in [-0.2, -0.15) is 0 Å². The molecule has 0 radical (unpaired) electrons. The lowest BCUT2D eigenvalue weighted by atomic mass is 9.93. The number of para-hydroxylation sites is 2. The topological polar surface area (TPSA) is 56.7 Å². The fourth-order valence-electron chi connectivity index (χ4n) is 8.85. The van der Waals surface area contributed by atoms with E-state index in [4.69, 9.17) is 19.4 Å². The molecule has 3 heterocycles. The molecule has 0 fully saturated rings. The van der Waals surface area contributed by atoms with E-state index in [0.29, 0.717) is 17.5 Å². The van der Waals surface area contributed by atoms with Crippen LogP contribution >= 0.6 is 0 Å². The summed E-state index contributed by atoms with van der Waals surface area (Å²) < 4.78 is 9.19. The monoisotopic (exact) mass is 766 g/mol. The molecule has 0 spiro atoms. The lowest BCUT2D eigenvalue weighted by molar-refractivity contribution is 0.672. The van der Waals surface area contributed by atoms with Gasteiger partial charge in [-0.15, -0.1) is 0 Å². The van der Waals surface area contributed by atoms with Crippen molar-refractivity contribution in [1.29, 1.82) is 0 Å². The van der Waals surface area contributed by atoms with E-state index in [0.717, 1.165) is 77.3 Å². The van der Waals surface area contributed by atoms with Gasteiger partial charge in [0.2, 0.25) is 0 Å². The largest absolute Gasteiger partial charge is 0.455 e. The van der Waals surface area contributed by atoms with Gasteiger partial charge >= 0.3 is 0 Å². The van der Waals surface area contributed by atoms with Crippen molar-refractivity contribution >= 4 is 54.5 Å². The Morgan fingerprint density at radius 1 is 0.333 bits per heavy atom. The second-order valence-electron chi connectivity index (χ2n) is 15.2. The van der Waals surface area contributed by atoms with Crippen molar-refractivity contribution in [2.75, 3.05) is 0 Å². The van der Waals surface area contributed by atoms with E-state index < -0.39 is 0 Å². The Bertz CT molecular complexity index is 3480. The van der Waals surface area contributed by atoms with Gasteiger partial charge in [0.05, 0.1) is 22.1 Å². The average Bonchev–Trinajstić information content (AvgIpc) is 3.88. The molecular weight excluding hydrogens is 733 g/mol. The standard InChI is InChI=1S/C55H34N4O/c1-3-15-36(16-4-1)53-56-54(37-17-5-2-6-18-37)58-55(57-53)38-31-29-35(30-32-38)39-19-13-20-40(33-39)45-34-46-51-49(27-14-28-50(51)60-52(46)44-24-8-7-21-41(44)45)59-47-25-11-9-22-42(47)43-23-10-12-26-48(43)59/h1-34H. The van der Waals surface area contributed by atoms with Crippen molar-refractivity contribution < 1.29 is 4.42 Å². The minimum absolute atomic E-state index is 0.635. The van der Waals surface area contributed by atoms with Crippen molar-refractivity contribution in [3.8, 4) is 62.1 Å². The summed E-state index contributed by atoms with van der Waals surface area (Å²) in [6.07, 6.45) is 0. The molecule has 0 aliphatic carbocycles. The van der Waals surface area contributed by atoms with Crippen LogP contribution in [0, 0.1) is 0 Å². The first-order chi connectivity index (χ1) is 29.7. The van der Waals surface area contributed by atoms with Gasteiger partial charge in [-0.05, 0) is 64.0 Å². The molecule has 12 rings (SSSR count). The van der Waals surface area contributed by atoms with Crippen LogP contribution in [0.2, 0.25) is 0 Å². The molecule has 0 saturated carbocycles. The minimum atomic E-state index is 0.635. The summed E-state index contributed by atoms with van der Waals surface area (Å²) in [7, 11) is 0. The van der Waals surface area contributed by atoms with Crippen LogP contribution in [0.15, 0.2) is 211 Å². The molecular formula is C55H34N4O. The molecule has 0 bridgehead atoms. The zero-order valence-electron chi connectivity index (χ0n) is 32.3. The third-order valence-corrected chi connectivity index (χ3v) is 11.7. The number of rotatable bonds is 6. The van der Waals surface area contributed by atoms with E-state index >= 15 is 0 Å². The normalized spacial score (nSPS) is 11.7. The quantitative estimate of drug-likeness (QED) is 0.169. The predicted octanol–water partition coefficient (Wildman–Crippen LogP) is 14.4. The summed E-state index contributed by atoms with van der Waals surface area (Å²) in [5, 5.41) is 6.89. The highest BCUT2D eigenvalue weighted by molar-refractivity contribution is 6.22. The van der Waals surface area contributed by atoms with Crippen LogP contribution in [-0.2, 0) is 0 Å². The highest BCUT2D eigenvalue weighted by Crippen LogP contribution is 2.44. The molecule has 9 aromatic carbocycles. The molecule has 0 aliphatic rings. The van der Waals surface area contributed by atoms with Gasteiger partial charge in [0.25, 0.3) is 0 Å². The number of benzene rings is 9. The molecule has 0 aliphatic heterocycles. The molecule has 0 atom stereocenters. The molecule has 60 heavy (non-hydrogen) atoms. The lowest BCUT2D eigenvalue weighted by Crippen LogP contribution is -2.00. The maximum absolute atomic E-state index is 6.80. The first kappa shape index (κ1) is 33.9. The van der Waals surface area contributed by atoms with Crippen molar-refractivity contribution in [2.24, 2.45) is 0 Å². The Kier molecular flexibility index (Phi) is 7.78. The van der Waals surface area contributed by atoms with Crippen LogP contribution in [0.1, 0.15) is 0 Å². The van der Waals surface area contributed by atoms with E-state index in [1.165, 1.54) is 21.8 Å². The van der Waals surface area contributed by atoms with Crippen molar-refractivity contribution in [2.45, 2.75) is 0 Å². The molecule has 0 unspecified atom stereocenters. The highest BCUT2D eigenvalue weighted by atomic mass is 16.3. The lowest BCUT2D eigenvalue weighted by Gasteiger charge is -2.12. The fraction of sp³-hybridized carbons (Fsp3) is 0. The van der Waals surface area contributed by atoms with Crippen LogP contribution in [0.25, 0.3) is 117 Å². The van der Waals surface area contributed by atoms with Crippen LogP contribution in [0.5, 0.6) is 0 Å². The second kappa shape index (κ2) is 13.8. The molecule has 12 aromatic rings. The first-order valence-corrected chi connectivity index (χ1v) is 20.2. The van der Waals surface area contributed by atoms with E-state index in [2.05, 4.69) is 150 Å². The molecule has 3 aromatic heterocycles. The smallest absolute Gasteiger partial charge is 0.164 e. The molecule has 0 saturated heterocycles. The first-order valence-electron chi connectivity index (χ1n) is 20.2. The molecule has 0 amide bonds. The van der Waals surface area contributed by atoms with E-state index in [1.807, 2.05) is 60.7 Å². The minimum Gasteiger partial charge on any atom is -0.455 e. The molecule has 5 heteroatoms. The second-order valence-corrected chi connectivity index (χ2v) is 15.2. The van der Waals surface area contributed by atoms with Gasteiger partial charge in [0.15, 0.2) is 17.5 Å².